The van der Waals surface area contributed by atoms with Gasteiger partial charge in [-0.3, -0.25) is 0 Å². The Labute approximate surface area is 105 Å². The zero-order valence-electron chi connectivity index (χ0n) is 11.4. The number of hydrogen-bond acceptors (Lipinski definition) is 3. The molecule has 0 amide bonds. The summed E-state index contributed by atoms with van der Waals surface area (Å²) in [6.45, 7) is 6.77. The van der Waals surface area contributed by atoms with Gasteiger partial charge in [-0.05, 0) is 30.2 Å². The average Bonchev–Trinajstić information content (AvgIpc) is 2.29. The van der Waals surface area contributed by atoms with Gasteiger partial charge in [-0.25, -0.2) is 0 Å². The van der Waals surface area contributed by atoms with Crippen LogP contribution in [0.3, 0.4) is 0 Å². The van der Waals surface area contributed by atoms with Crippen molar-refractivity contribution in [1.82, 2.24) is 0 Å². The second-order valence-corrected chi connectivity index (χ2v) is 4.84. The van der Waals surface area contributed by atoms with E-state index in [-0.39, 0.29) is 0 Å². The first-order valence-electron chi connectivity index (χ1n) is 6.18. The maximum absolute atomic E-state index is 5.51. The second-order valence-electron chi connectivity index (χ2n) is 4.84. The third kappa shape index (κ3) is 5.59. The van der Waals surface area contributed by atoms with Crippen molar-refractivity contribution < 1.29 is 4.74 Å². The predicted octanol–water partition coefficient (Wildman–Crippen LogP) is 2.84. The summed E-state index contributed by atoms with van der Waals surface area (Å²) < 4.78 is 5.51. The van der Waals surface area contributed by atoms with Crippen LogP contribution in [-0.4, -0.2) is 33.9 Å². The van der Waals surface area contributed by atoms with Crippen LogP contribution in [0.4, 0.5) is 11.4 Å². The Balaban J connectivity index is 2.23. The summed E-state index contributed by atoms with van der Waals surface area (Å²) in [7, 11) is 4.09. The molecule has 1 aromatic rings. The van der Waals surface area contributed by atoms with Crippen LogP contribution in [-0.2, 0) is 4.74 Å². The molecule has 0 atom stereocenters. The van der Waals surface area contributed by atoms with E-state index in [0.717, 1.165) is 25.4 Å². The van der Waals surface area contributed by atoms with Crippen LogP contribution >= 0.6 is 0 Å². The third-order valence-electron chi connectivity index (χ3n) is 2.41. The van der Waals surface area contributed by atoms with Crippen LogP contribution < -0.4 is 10.2 Å². The summed E-state index contributed by atoms with van der Waals surface area (Å²) >= 11 is 0. The summed E-state index contributed by atoms with van der Waals surface area (Å²) in [4.78, 5) is 2.09. The molecule has 0 aromatic heterocycles. The van der Waals surface area contributed by atoms with Gasteiger partial charge in [0.2, 0.25) is 0 Å². The molecular weight excluding hydrogens is 212 g/mol. The van der Waals surface area contributed by atoms with E-state index < -0.39 is 0 Å². The lowest BCUT2D eigenvalue weighted by Crippen LogP contribution is -2.12. The summed E-state index contributed by atoms with van der Waals surface area (Å²) in [5.41, 5.74) is 2.36. The molecule has 0 aliphatic rings. The summed E-state index contributed by atoms with van der Waals surface area (Å²) in [6.07, 6.45) is 0. The smallest absolute Gasteiger partial charge is 0.0639 e. The highest BCUT2D eigenvalue weighted by Crippen LogP contribution is 2.15. The number of ether oxygens (including phenoxy) is 1. The van der Waals surface area contributed by atoms with Crippen LogP contribution in [0.5, 0.6) is 0 Å². The van der Waals surface area contributed by atoms with Crippen LogP contribution in [0.25, 0.3) is 0 Å². The summed E-state index contributed by atoms with van der Waals surface area (Å²) in [5, 5.41) is 3.34. The number of benzene rings is 1. The molecule has 0 saturated heterocycles. The number of nitrogens with one attached hydrogen (secondary N) is 1. The Morgan fingerprint density at radius 3 is 2.35 bits per heavy atom. The minimum Gasteiger partial charge on any atom is -0.383 e. The summed E-state index contributed by atoms with van der Waals surface area (Å²) in [5.74, 6) is 0.606. The van der Waals surface area contributed by atoms with E-state index in [4.69, 9.17) is 4.74 Å². The van der Waals surface area contributed by atoms with E-state index >= 15 is 0 Å². The van der Waals surface area contributed by atoms with E-state index in [2.05, 4.69) is 48.3 Å². The number of nitrogens with zero attached hydrogens (tertiary/aromatic N) is 1. The molecule has 0 aliphatic carbocycles. The lowest BCUT2D eigenvalue weighted by molar-refractivity contribution is 0.118. The molecule has 3 nitrogen and oxygen atoms in total. The fourth-order valence-corrected chi connectivity index (χ4v) is 1.46. The molecule has 1 N–H and O–H groups in total. The average molecular weight is 236 g/mol. The quantitative estimate of drug-likeness (QED) is 0.737. The molecule has 0 radical (unpaired) electrons. The number of rotatable bonds is 7. The first-order valence-corrected chi connectivity index (χ1v) is 6.18. The highest BCUT2D eigenvalue weighted by atomic mass is 16.5. The van der Waals surface area contributed by atoms with Gasteiger partial charge >= 0.3 is 0 Å². The van der Waals surface area contributed by atoms with Gasteiger partial charge in [0, 0.05) is 38.6 Å². The van der Waals surface area contributed by atoms with Gasteiger partial charge in [0.15, 0.2) is 0 Å². The Hall–Kier alpha value is -1.22. The zero-order valence-corrected chi connectivity index (χ0v) is 11.4. The van der Waals surface area contributed by atoms with Crippen LogP contribution in [0.2, 0.25) is 0 Å². The van der Waals surface area contributed by atoms with Crippen LogP contribution in [0.15, 0.2) is 24.3 Å². The molecule has 1 aromatic carbocycles. The SMILES string of the molecule is CC(C)COCCNc1ccc(N(C)C)cc1. The van der Waals surface area contributed by atoms with Gasteiger partial charge in [-0.1, -0.05) is 13.8 Å². The molecule has 0 unspecified atom stereocenters. The van der Waals surface area contributed by atoms with E-state index in [1.54, 1.807) is 0 Å². The van der Waals surface area contributed by atoms with Crippen molar-refractivity contribution in [3.63, 3.8) is 0 Å². The maximum atomic E-state index is 5.51. The number of anilines is 2. The third-order valence-corrected chi connectivity index (χ3v) is 2.41. The molecule has 0 fully saturated rings. The van der Waals surface area contributed by atoms with Crippen molar-refractivity contribution >= 4 is 11.4 Å². The molecule has 0 spiro atoms. The Morgan fingerprint density at radius 2 is 1.82 bits per heavy atom. The van der Waals surface area contributed by atoms with E-state index in [1.807, 2.05) is 14.1 Å². The first-order chi connectivity index (χ1) is 8.09. The molecule has 0 heterocycles. The van der Waals surface area contributed by atoms with Gasteiger partial charge in [0.1, 0.15) is 0 Å². The van der Waals surface area contributed by atoms with Gasteiger partial charge in [-0.15, -0.1) is 0 Å². The standard InChI is InChI=1S/C14H24N2O/c1-12(2)11-17-10-9-15-13-5-7-14(8-6-13)16(3)4/h5-8,12,15H,9-11H2,1-4H3. The van der Waals surface area contributed by atoms with Crippen molar-refractivity contribution in [2.75, 3.05) is 44.1 Å². The van der Waals surface area contributed by atoms with Gasteiger partial charge < -0.3 is 15.0 Å². The van der Waals surface area contributed by atoms with Crippen LogP contribution in [0.1, 0.15) is 13.8 Å². The molecule has 96 valence electrons. The molecule has 3 heteroatoms. The Bertz CT molecular complexity index is 307. The normalized spacial score (nSPS) is 10.6. The summed E-state index contributed by atoms with van der Waals surface area (Å²) in [6, 6.07) is 8.41. The van der Waals surface area contributed by atoms with E-state index in [1.165, 1.54) is 5.69 Å². The topological polar surface area (TPSA) is 24.5 Å². The largest absolute Gasteiger partial charge is 0.383 e. The van der Waals surface area contributed by atoms with Crippen molar-refractivity contribution in [3.8, 4) is 0 Å². The van der Waals surface area contributed by atoms with Gasteiger partial charge in [0.25, 0.3) is 0 Å². The van der Waals surface area contributed by atoms with Gasteiger partial charge in [0.05, 0.1) is 6.61 Å². The minimum absolute atomic E-state index is 0.606. The Morgan fingerprint density at radius 1 is 1.18 bits per heavy atom. The minimum atomic E-state index is 0.606. The fourth-order valence-electron chi connectivity index (χ4n) is 1.46. The highest BCUT2D eigenvalue weighted by Gasteiger charge is 1.96. The molecular formula is C14H24N2O. The highest BCUT2D eigenvalue weighted by molar-refractivity contribution is 5.54. The first kappa shape index (κ1) is 13.8. The molecule has 17 heavy (non-hydrogen) atoms. The van der Waals surface area contributed by atoms with E-state index in [9.17, 15) is 0 Å². The molecule has 0 aliphatic heterocycles. The van der Waals surface area contributed by atoms with Gasteiger partial charge in [-0.2, -0.15) is 0 Å². The monoisotopic (exact) mass is 236 g/mol. The van der Waals surface area contributed by atoms with E-state index in [0.29, 0.717) is 5.92 Å². The zero-order chi connectivity index (χ0) is 12.7. The lowest BCUT2D eigenvalue weighted by Gasteiger charge is -2.13. The predicted molar refractivity (Wildman–Crippen MR) is 74.9 cm³/mol. The number of hydrogen-bond donors (Lipinski definition) is 1. The molecule has 0 saturated carbocycles. The molecule has 1 rings (SSSR count). The lowest BCUT2D eigenvalue weighted by atomic mass is 10.2. The Kier molecular flexibility index (Phi) is 5.84. The van der Waals surface area contributed by atoms with Crippen molar-refractivity contribution in [3.05, 3.63) is 24.3 Å². The van der Waals surface area contributed by atoms with Crippen molar-refractivity contribution in [2.24, 2.45) is 5.92 Å². The van der Waals surface area contributed by atoms with Crippen LogP contribution in [0, 0.1) is 5.92 Å². The van der Waals surface area contributed by atoms with Crippen molar-refractivity contribution in [1.29, 1.82) is 0 Å². The molecule has 0 bridgehead atoms. The fraction of sp³-hybridized carbons (Fsp3) is 0.571. The van der Waals surface area contributed by atoms with Crippen molar-refractivity contribution in [2.45, 2.75) is 13.8 Å². The maximum Gasteiger partial charge on any atom is 0.0639 e. The second kappa shape index (κ2) is 7.17.